The molecule has 2 fully saturated rings. The van der Waals surface area contributed by atoms with Gasteiger partial charge < -0.3 is 29.2 Å². The first-order chi connectivity index (χ1) is 18.5. The highest BCUT2D eigenvalue weighted by molar-refractivity contribution is 6.06. The molecular formula is C29H32N4O5. The number of piperazine rings is 1. The van der Waals surface area contributed by atoms with Gasteiger partial charge in [0.2, 0.25) is 0 Å². The largest absolute Gasteiger partial charge is 0.497 e. The van der Waals surface area contributed by atoms with Gasteiger partial charge in [0.15, 0.2) is 5.76 Å². The second-order valence-electron chi connectivity index (χ2n) is 9.53. The first kappa shape index (κ1) is 25.4. The maximum atomic E-state index is 13.7. The molecule has 9 heteroatoms. The van der Waals surface area contributed by atoms with Crippen molar-refractivity contribution < 1.29 is 23.5 Å². The van der Waals surface area contributed by atoms with Gasteiger partial charge in [-0.1, -0.05) is 6.07 Å². The molecule has 0 atom stereocenters. The number of amides is 3. The minimum Gasteiger partial charge on any atom is -0.497 e. The van der Waals surface area contributed by atoms with E-state index in [1.807, 2.05) is 17.0 Å². The van der Waals surface area contributed by atoms with Gasteiger partial charge in [-0.25, -0.2) is 0 Å². The van der Waals surface area contributed by atoms with Crippen molar-refractivity contribution in [2.45, 2.75) is 19.3 Å². The number of methoxy groups -OCH3 is 1. The molecule has 1 N–H and O–H groups in total. The summed E-state index contributed by atoms with van der Waals surface area (Å²) in [6.07, 6.45) is 4.59. The van der Waals surface area contributed by atoms with Crippen LogP contribution in [0.3, 0.4) is 0 Å². The van der Waals surface area contributed by atoms with Crippen LogP contribution < -0.4 is 15.0 Å². The summed E-state index contributed by atoms with van der Waals surface area (Å²) < 4.78 is 10.5. The molecule has 3 heterocycles. The van der Waals surface area contributed by atoms with Crippen LogP contribution in [-0.4, -0.2) is 73.9 Å². The second-order valence-corrected chi connectivity index (χ2v) is 9.53. The van der Waals surface area contributed by atoms with Crippen LogP contribution in [0.15, 0.2) is 65.3 Å². The maximum Gasteiger partial charge on any atom is 0.289 e. The molecule has 9 nitrogen and oxygen atoms in total. The lowest BCUT2D eigenvalue weighted by Gasteiger charge is -2.37. The monoisotopic (exact) mass is 516 g/mol. The zero-order valence-electron chi connectivity index (χ0n) is 21.5. The summed E-state index contributed by atoms with van der Waals surface area (Å²) in [5, 5.41) is 2.93. The molecular weight excluding hydrogens is 484 g/mol. The Morgan fingerprint density at radius 3 is 2.29 bits per heavy atom. The van der Waals surface area contributed by atoms with Crippen molar-refractivity contribution in [2.75, 3.05) is 56.6 Å². The van der Waals surface area contributed by atoms with Gasteiger partial charge >= 0.3 is 0 Å². The van der Waals surface area contributed by atoms with Gasteiger partial charge in [-0.05, 0) is 67.8 Å². The number of benzene rings is 2. The fraction of sp³-hybridized carbons (Fsp3) is 0.345. The number of hydrogen-bond acceptors (Lipinski definition) is 6. The number of nitrogens with zero attached hydrogens (tertiary/aromatic N) is 3. The Hall–Kier alpha value is -4.27. The van der Waals surface area contributed by atoms with Gasteiger partial charge in [0.25, 0.3) is 17.7 Å². The van der Waals surface area contributed by atoms with E-state index in [2.05, 4.69) is 10.2 Å². The van der Waals surface area contributed by atoms with Crippen LogP contribution in [0, 0.1) is 0 Å². The number of nitrogens with one attached hydrogen (secondary N) is 1. The summed E-state index contributed by atoms with van der Waals surface area (Å²) >= 11 is 0. The highest BCUT2D eigenvalue weighted by Gasteiger charge is 2.28. The molecule has 5 rings (SSSR count). The lowest BCUT2D eigenvalue weighted by Crippen LogP contribution is -2.49. The molecule has 2 aromatic carbocycles. The lowest BCUT2D eigenvalue weighted by atomic mass is 10.0. The third-order valence-corrected chi connectivity index (χ3v) is 7.10. The number of carbonyl (C=O) groups is 3. The summed E-state index contributed by atoms with van der Waals surface area (Å²) in [4.78, 5) is 45.1. The van der Waals surface area contributed by atoms with E-state index in [0.717, 1.165) is 38.0 Å². The summed E-state index contributed by atoms with van der Waals surface area (Å²) in [7, 11) is 1.56. The Balaban J connectivity index is 1.36. The number of piperidine rings is 1. The van der Waals surface area contributed by atoms with Gasteiger partial charge in [0.1, 0.15) is 5.75 Å². The summed E-state index contributed by atoms with van der Waals surface area (Å²) in [5.41, 5.74) is 2.38. The highest BCUT2D eigenvalue weighted by atomic mass is 16.5. The van der Waals surface area contributed by atoms with Crippen molar-refractivity contribution in [3.63, 3.8) is 0 Å². The average Bonchev–Trinajstić information content (AvgIpc) is 3.52. The topological polar surface area (TPSA) is 95.3 Å². The molecule has 0 bridgehead atoms. The van der Waals surface area contributed by atoms with Crippen LogP contribution >= 0.6 is 0 Å². The van der Waals surface area contributed by atoms with Gasteiger partial charge in [0.05, 0.1) is 18.9 Å². The second kappa shape index (κ2) is 11.4. The smallest absolute Gasteiger partial charge is 0.289 e. The fourth-order valence-corrected chi connectivity index (χ4v) is 5.00. The van der Waals surface area contributed by atoms with Gasteiger partial charge in [-0.3, -0.25) is 14.4 Å². The van der Waals surface area contributed by atoms with Gasteiger partial charge in [-0.15, -0.1) is 0 Å². The van der Waals surface area contributed by atoms with Crippen molar-refractivity contribution >= 4 is 29.1 Å². The molecule has 2 saturated heterocycles. The molecule has 3 aromatic rings. The average molecular weight is 517 g/mol. The summed E-state index contributed by atoms with van der Waals surface area (Å²) in [6.45, 7) is 3.66. The molecule has 1 aromatic heterocycles. The SMILES string of the molecule is COc1cccc(C(=O)Nc2ccc(N3CCN(C(=O)c4ccco4)CC3)c(C(=O)N3CCCCC3)c2)c1. The van der Waals surface area contributed by atoms with Crippen LogP contribution in [0.2, 0.25) is 0 Å². The van der Waals surface area contributed by atoms with E-state index in [4.69, 9.17) is 9.15 Å². The van der Waals surface area contributed by atoms with Crippen molar-refractivity contribution in [2.24, 2.45) is 0 Å². The number of carbonyl (C=O) groups excluding carboxylic acids is 3. The number of hydrogen-bond donors (Lipinski definition) is 1. The molecule has 2 aliphatic rings. The number of furan rings is 1. The molecule has 0 saturated carbocycles. The van der Waals surface area contributed by atoms with Crippen molar-refractivity contribution in [1.29, 1.82) is 0 Å². The number of anilines is 2. The quantitative estimate of drug-likeness (QED) is 0.530. The fourth-order valence-electron chi connectivity index (χ4n) is 5.00. The molecule has 2 aliphatic heterocycles. The van der Waals surface area contributed by atoms with E-state index in [9.17, 15) is 14.4 Å². The Kier molecular flexibility index (Phi) is 7.62. The Bertz CT molecular complexity index is 1290. The molecule has 0 unspecified atom stereocenters. The molecule has 38 heavy (non-hydrogen) atoms. The lowest BCUT2D eigenvalue weighted by molar-refractivity contribution is 0.0705. The van der Waals surface area contributed by atoms with Crippen LogP contribution in [0.25, 0.3) is 0 Å². The Morgan fingerprint density at radius 1 is 0.816 bits per heavy atom. The predicted molar refractivity (Wildman–Crippen MR) is 144 cm³/mol. The van der Waals surface area contributed by atoms with E-state index in [0.29, 0.717) is 54.5 Å². The first-order valence-electron chi connectivity index (χ1n) is 13.0. The minimum absolute atomic E-state index is 0.0359. The Labute approximate surface area is 221 Å². The standard InChI is InChI=1S/C29H32N4O5/c1-37-23-8-5-7-21(19-23)27(34)30-22-10-11-25(24(20-22)28(35)32-12-3-2-4-13-32)31-14-16-33(17-15-31)29(36)26-9-6-18-38-26/h5-11,18-20H,2-4,12-17H2,1H3,(H,30,34). The van der Waals surface area contributed by atoms with Gasteiger partial charge in [-0.2, -0.15) is 0 Å². The molecule has 3 amide bonds. The van der Waals surface area contributed by atoms with E-state index in [1.165, 1.54) is 6.26 Å². The molecule has 0 spiro atoms. The number of rotatable bonds is 6. The highest BCUT2D eigenvalue weighted by Crippen LogP contribution is 2.29. The molecule has 198 valence electrons. The van der Waals surface area contributed by atoms with E-state index in [1.54, 1.807) is 54.5 Å². The number of ether oxygens (including phenoxy) is 1. The normalized spacial score (nSPS) is 15.8. The number of likely N-dealkylation sites (tertiary alicyclic amines) is 1. The zero-order valence-corrected chi connectivity index (χ0v) is 21.5. The third-order valence-electron chi connectivity index (χ3n) is 7.10. The van der Waals surface area contributed by atoms with Crippen LogP contribution in [0.5, 0.6) is 5.75 Å². The molecule has 0 radical (unpaired) electrons. The minimum atomic E-state index is -0.280. The summed E-state index contributed by atoms with van der Waals surface area (Å²) in [5.74, 6) is 0.480. The van der Waals surface area contributed by atoms with Crippen molar-refractivity contribution in [3.8, 4) is 5.75 Å². The third kappa shape index (κ3) is 5.51. The summed E-state index contributed by atoms with van der Waals surface area (Å²) in [6, 6.07) is 15.8. The first-order valence-corrected chi connectivity index (χ1v) is 13.0. The van der Waals surface area contributed by atoms with Crippen molar-refractivity contribution in [3.05, 3.63) is 77.7 Å². The Morgan fingerprint density at radius 2 is 1.58 bits per heavy atom. The maximum absolute atomic E-state index is 13.7. The van der Waals surface area contributed by atoms with Gasteiger partial charge in [0, 0.05) is 56.2 Å². The molecule has 0 aliphatic carbocycles. The van der Waals surface area contributed by atoms with Crippen LogP contribution in [0.1, 0.15) is 50.5 Å². The van der Waals surface area contributed by atoms with E-state index in [-0.39, 0.29) is 17.7 Å². The zero-order chi connectivity index (χ0) is 26.5. The van der Waals surface area contributed by atoms with Crippen LogP contribution in [-0.2, 0) is 0 Å². The van der Waals surface area contributed by atoms with E-state index >= 15 is 0 Å². The predicted octanol–water partition coefficient (Wildman–Crippen LogP) is 4.13. The van der Waals surface area contributed by atoms with Crippen LogP contribution in [0.4, 0.5) is 11.4 Å². The van der Waals surface area contributed by atoms with E-state index < -0.39 is 0 Å². The van der Waals surface area contributed by atoms with Crippen molar-refractivity contribution in [1.82, 2.24) is 9.80 Å².